The Bertz CT molecular complexity index is 386. The molecule has 3 nitrogen and oxygen atoms in total. The van der Waals surface area contributed by atoms with Crippen molar-refractivity contribution in [2.75, 3.05) is 5.73 Å². The van der Waals surface area contributed by atoms with E-state index in [-0.39, 0.29) is 0 Å². The quantitative estimate of drug-likeness (QED) is 0.845. The third kappa shape index (κ3) is 2.43. The number of rotatable bonds is 3. The molecule has 0 aromatic carbocycles. The average Bonchev–Trinajstić information content (AvgIpc) is 2.72. The van der Waals surface area contributed by atoms with Crippen LogP contribution in [0.15, 0.2) is 27.1 Å². The summed E-state index contributed by atoms with van der Waals surface area (Å²) in [5.41, 5.74) is 5.55. The fourth-order valence-corrected chi connectivity index (χ4v) is 2.72. The molecule has 14 heavy (non-hydrogen) atoms. The lowest BCUT2D eigenvalue weighted by Crippen LogP contribution is -1.73. The van der Waals surface area contributed by atoms with E-state index >= 15 is 0 Å². The van der Waals surface area contributed by atoms with Crippen molar-refractivity contribution in [1.82, 2.24) is 4.98 Å². The molecule has 2 rings (SSSR count). The molecule has 0 aliphatic carbocycles. The normalized spacial score (nSPS) is 10.6. The Morgan fingerprint density at radius 3 is 3.00 bits per heavy atom. The molecule has 2 heterocycles. The van der Waals surface area contributed by atoms with Crippen molar-refractivity contribution in [2.24, 2.45) is 0 Å². The highest BCUT2D eigenvalue weighted by Crippen LogP contribution is 2.29. The van der Waals surface area contributed by atoms with E-state index in [1.54, 1.807) is 24.0 Å². The van der Waals surface area contributed by atoms with Crippen molar-refractivity contribution < 1.29 is 4.42 Å². The summed E-state index contributed by atoms with van der Waals surface area (Å²) in [5, 5.41) is 1.14. The van der Waals surface area contributed by atoms with Crippen LogP contribution in [0.4, 0.5) is 5.00 Å². The first-order chi connectivity index (χ1) is 6.74. The predicted molar refractivity (Wildman–Crippen MR) is 59.8 cm³/mol. The van der Waals surface area contributed by atoms with Gasteiger partial charge in [0.25, 0.3) is 0 Å². The molecule has 74 valence electrons. The topological polar surface area (TPSA) is 52.0 Å². The van der Waals surface area contributed by atoms with Crippen LogP contribution in [0.3, 0.4) is 0 Å². The van der Waals surface area contributed by atoms with Gasteiger partial charge in [0.05, 0.1) is 11.9 Å². The SMILES string of the molecule is Nc1cnc(SCc2ccc(Cl)o2)s1. The van der Waals surface area contributed by atoms with E-state index in [2.05, 4.69) is 4.98 Å². The molecule has 2 N–H and O–H groups in total. The Labute approximate surface area is 94.3 Å². The van der Waals surface area contributed by atoms with Gasteiger partial charge in [0.1, 0.15) is 10.8 Å². The number of nitrogen functional groups attached to an aromatic ring is 1. The highest BCUT2D eigenvalue weighted by molar-refractivity contribution is 8.00. The second-order valence-electron chi connectivity index (χ2n) is 2.52. The van der Waals surface area contributed by atoms with E-state index in [9.17, 15) is 0 Å². The minimum absolute atomic E-state index is 0.416. The Hall–Kier alpha value is -0.650. The summed E-state index contributed by atoms with van der Waals surface area (Å²) in [6.45, 7) is 0. The van der Waals surface area contributed by atoms with Gasteiger partial charge in [-0.25, -0.2) is 4.98 Å². The first kappa shape index (κ1) is 9.89. The minimum atomic E-state index is 0.416. The molecule has 0 bridgehead atoms. The van der Waals surface area contributed by atoms with Crippen molar-refractivity contribution in [2.45, 2.75) is 10.1 Å². The van der Waals surface area contributed by atoms with Gasteiger partial charge < -0.3 is 10.2 Å². The number of nitrogens with two attached hydrogens (primary N) is 1. The maximum absolute atomic E-state index is 5.64. The Morgan fingerprint density at radius 2 is 2.43 bits per heavy atom. The molecule has 0 saturated heterocycles. The van der Waals surface area contributed by atoms with E-state index in [0.29, 0.717) is 5.22 Å². The van der Waals surface area contributed by atoms with Crippen molar-refractivity contribution >= 4 is 39.7 Å². The van der Waals surface area contributed by atoms with Crippen molar-refractivity contribution in [3.63, 3.8) is 0 Å². The fourth-order valence-electron chi connectivity index (χ4n) is 0.899. The third-order valence-electron chi connectivity index (χ3n) is 1.47. The standard InChI is InChI=1S/C8H7ClN2OS2/c9-6-2-1-5(12-6)4-13-8-11-3-7(10)14-8/h1-3H,4,10H2. The number of aromatic nitrogens is 1. The maximum atomic E-state index is 5.64. The summed E-state index contributed by atoms with van der Waals surface area (Å²) in [7, 11) is 0. The first-order valence-electron chi connectivity index (χ1n) is 3.82. The molecule has 2 aromatic heterocycles. The number of halogens is 1. The molecule has 2 aromatic rings. The van der Waals surface area contributed by atoms with Crippen LogP contribution >= 0.6 is 34.7 Å². The molecule has 0 atom stereocenters. The number of anilines is 1. The fraction of sp³-hybridized carbons (Fsp3) is 0.125. The first-order valence-corrected chi connectivity index (χ1v) is 6.00. The zero-order chi connectivity index (χ0) is 9.97. The maximum Gasteiger partial charge on any atom is 0.193 e. The van der Waals surface area contributed by atoms with Gasteiger partial charge in [0.15, 0.2) is 9.56 Å². The lowest BCUT2D eigenvalue weighted by atomic mass is 10.5. The van der Waals surface area contributed by atoms with Gasteiger partial charge in [-0.05, 0) is 23.7 Å². The van der Waals surface area contributed by atoms with Crippen LogP contribution in [-0.2, 0) is 5.75 Å². The van der Waals surface area contributed by atoms with E-state index in [4.69, 9.17) is 21.8 Å². The second kappa shape index (κ2) is 4.25. The Kier molecular flexibility index (Phi) is 3.00. The van der Waals surface area contributed by atoms with Gasteiger partial charge in [-0.15, -0.1) is 0 Å². The van der Waals surface area contributed by atoms with Crippen LogP contribution in [0.5, 0.6) is 0 Å². The summed E-state index contributed by atoms with van der Waals surface area (Å²) in [6.07, 6.45) is 1.65. The number of thiazole rings is 1. The number of hydrogen-bond donors (Lipinski definition) is 1. The molecule has 0 fully saturated rings. The van der Waals surface area contributed by atoms with Gasteiger partial charge in [0, 0.05) is 0 Å². The number of furan rings is 1. The van der Waals surface area contributed by atoms with E-state index in [1.165, 1.54) is 11.3 Å². The minimum Gasteiger partial charge on any atom is -0.449 e. The van der Waals surface area contributed by atoms with Crippen molar-refractivity contribution in [3.8, 4) is 0 Å². The van der Waals surface area contributed by atoms with Crippen molar-refractivity contribution in [3.05, 3.63) is 29.3 Å². The zero-order valence-electron chi connectivity index (χ0n) is 7.07. The third-order valence-corrected chi connectivity index (χ3v) is 3.68. The van der Waals surface area contributed by atoms with Gasteiger partial charge in [0.2, 0.25) is 0 Å². The zero-order valence-corrected chi connectivity index (χ0v) is 9.46. The van der Waals surface area contributed by atoms with Crippen LogP contribution in [0.1, 0.15) is 5.76 Å². The molecule has 6 heteroatoms. The molecule has 0 radical (unpaired) electrons. The number of thioether (sulfide) groups is 1. The molecule has 0 unspecified atom stereocenters. The average molecular weight is 247 g/mol. The summed E-state index contributed by atoms with van der Waals surface area (Å²) in [4.78, 5) is 4.12. The molecule has 0 spiro atoms. The van der Waals surface area contributed by atoms with Crippen LogP contribution < -0.4 is 5.73 Å². The molecule has 0 aliphatic heterocycles. The van der Waals surface area contributed by atoms with Crippen LogP contribution in [0.25, 0.3) is 0 Å². The molecular formula is C8H7ClN2OS2. The largest absolute Gasteiger partial charge is 0.449 e. The number of nitrogens with zero attached hydrogens (tertiary/aromatic N) is 1. The van der Waals surface area contributed by atoms with E-state index in [1.807, 2.05) is 6.07 Å². The van der Waals surface area contributed by atoms with Gasteiger partial charge >= 0.3 is 0 Å². The Balaban J connectivity index is 1.94. The summed E-state index contributed by atoms with van der Waals surface area (Å²) >= 11 is 8.69. The molecule has 0 saturated carbocycles. The van der Waals surface area contributed by atoms with E-state index in [0.717, 1.165) is 20.9 Å². The molecule has 0 amide bonds. The smallest absolute Gasteiger partial charge is 0.193 e. The van der Waals surface area contributed by atoms with Crippen molar-refractivity contribution in [1.29, 1.82) is 0 Å². The number of hydrogen-bond acceptors (Lipinski definition) is 5. The predicted octanol–water partition coefficient (Wildman–Crippen LogP) is 3.26. The van der Waals surface area contributed by atoms with Crippen LogP contribution in [0, 0.1) is 0 Å². The van der Waals surface area contributed by atoms with Gasteiger partial charge in [-0.1, -0.05) is 23.1 Å². The highest BCUT2D eigenvalue weighted by Gasteiger charge is 2.03. The van der Waals surface area contributed by atoms with Crippen LogP contribution in [0.2, 0.25) is 5.22 Å². The monoisotopic (exact) mass is 246 g/mol. The summed E-state index contributed by atoms with van der Waals surface area (Å²) in [5.74, 6) is 1.56. The highest BCUT2D eigenvalue weighted by atomic mass is 35.5. The van der Waals surface area contributed by atoms with Gasteiger partial charge in [-0.2, -0.15) is 0 Å². The second-order valence-corrected chi connectivity index (χ2v) is 5.18. The lowest BCUT2D eigenvalue weighted by Gasteiger charge is -1.92. The molecule has 0 aliphatic rings. The van der Waals surface area contributed by atoms with Gasteiger partial charge in [-0.3, -0.25) is 0 Å². The van der Waals surface area contributed by atoms with Crippen LogP contribution in [-0.4, -0.2) is 4.98 Å². The lowest BCUT2D eigenvalue weighted by molar-refractivity contribution is 0.532. The summed E-state index contributed by atoms with van der Waals surface area (Å²) in [6, 6.07) is 3.58. The Morgan fingerprint density at radius 1 is 1.57 bits per heavy atom. The summed E-state index contributed by atoms with van der Waals surface area (Å²) < 4.78 is 6.14. The van der Waals surface area contributed by atoms with E-state index < -0.39 is 0 Å². The molecular weight excluding hydrogens is 240 g/mol.